The Labute approximate surface area is 108 Å². The number of benzene rings is 1. The number of halogens is 2. The van der Waals surface area contributed by atoms with Crippen LogP contribution in [-0.4, -0.2) is 32.6 Å². The fraction of sp³-hybridized carbons (Fsp3) is 0.333. The van der Waals surface area contributed by atoms with Gasteiger partial charge in [0.15, 0.2) is 11.6 Å². The highest BCUT2D eigenvalue weighted by molar-refractivity contribution is 5.90. The standard InChI is InChI=1S/C12H14F2N2O3/c1-15-9(17)5-6-16-8-4-3-7(12(18)19-2)10(13)11(8)14/h3-4,16H,5-6H2,1-2H3,(H,15,17). The van der Waals surface area contributed by atoms with Crippen molar-refractivity contribution in [1.29, 1.82) is 0 Å². The van der Waals surface area contributed by atoms with Gasteiger partial charge >= 0.3 is 5.97 Å². The number of esters is 1. The summed E-state index contributed by atoms with van der Waals surface area (Å²) in [4.78, 5) is 22.1. The van der Waals surface area contributed by atoms with Gasteiger partial charge in [0.1, 0.15) is 0 Å². The van der Waals surface area contributed by atoms with Gasteiger partial charge in [-0.15, -0.1) is 0 Å². The number of hydrogen-bond donors (Lipinski definition) is 2. The number of methoxy groups -OCH3 is 1. The third-order valence-corrected chi connectivity index (χ3v) is 2.43. The molecule has 1 amide bonds. The molecule has 0 saturated carbocycles. The van der Waals surface area contributed by atoms with Crippen molar-refractivity contribution in [3.8, 4) is 0 Å². The predicted octanol–water partition coefficient (Wildman–Crippen LogP) is 1.30. The van der Waals surface area contributed by atoms with Gasteiger partial charge in [0.25, 0.3) is 0 Å². The monoisotopic (exact) mass is 272 g/mol. The fourth-order valence-electron chi connectivity index (χ4n) is 1.39. The maximum atomic E-state index is 13.6. The van der Waals surface area contributed by atoms with Crippen molar-refractivity contribution in [3.63, 3.8) is 0 Å². The van der Waals surface area contributed by atoms with E-state index in [0.717, 1.165) is 13.2 Å². The Hall–Kier alpha value is -2.18. The summed E-state index contributed by atoms with van der Waals surface area (Å²) in [6, 6.07) is 2.33. The van der Waals surface area contributed by atoms with Crippen LogP contribution in [0.1, 0.15) is 16.8 Å². The Morgan fingerprint density at radius 3 is 2.53 bits per heavy atom. The Balaban J connectivity index is 2.79. The van der Waals surface area contributed by atoms with Gasteiger partial charge < -0.3 is 15.4 Å². The van der Waals surface area contributed by atoms with Crippen LogP contribution < -0.4 is 10.6 Å². The van der Waals surface area contributed by atoms with E-state index in [1.807, 2.05) is 0 Å². The maximum Gasteiger partial charge on any atom is 0.340 e. The first kappa shape index (κ1) is 14.9. The predicted molar refractivity (Wildman–Crippen MR) is 64.9 cm³/mol. The summed E-state index contributed by atoms with van der Waals surface area (Å²) in [5, 5.41) is 4.98. The maximum absolute atomic E-state index is 13.6. The van der Waals surface area contributed by atoms with Crippen LogP contribution in [0.25, 0.3) is 0 Å². The molecule has 2 N–H and O–H groups in total. The van der Waals surface area contributed by atoms with E-state index < -0.39 is 23.2 Å². The first-order valence-corrected chi connectivity index (χ1v) is 5.52. The van der Waals surface area contributed by atoms with Crippen LogP contribution in [0, 0.1) is 11.6 Å². The van der Waals surface area contributed by atoms with E-state index in [1.54, 1.807) is 0 Å². The molecule has 0 saturated heterocycles. The van der Waals surface area contributed by atoms with Crippen molar-refractivity contribution in [1.82, 2.24) is 5.32 Å². The minimum atomic E-state index is -1.28. The van der Waals surface area contributed by atoms with Gasteiger partial charge in [0.05, 0.1) is 18.4 Å². The van der Waals surface area contributed by atoms with Gasteiger partial charge in [-0.25, -0.2) is 13.6 Å². The van der Waals surface area contributed by atoms with Crippen LogP contribution in [0.15, 0.2) is 12.1 Å². The lowest BCUT2D eigenvalue weighted by Crippen LogP contribution is -2.21. The summed E-state index contributed by atoms with van der Waals surface area (Å²) in [6.45, 7) is 0.146. The second-order valence-corrected chi connectivity index (χ2v) is 3.63. The number of rotatable bonds is 5. The summed E-state index contributed by atoms with van der Waals surface area (Å²) >= 11 is 0. The van der Waals surface area contributed by atoms with E-state index in [0.29, 0.717) is 0 Å². The highest BCUT2D eigenvalue weighted by Crippen LogP contribution is 2.21. The van der Waals surface area contributed by atoms with Crippen molar-refractivity contribution >= 4 is 17.6 Å². The van der Waals surface area contributed by atoms with Crippen LogP contribution in [0.3, 0.4) is 0 Å². The number of hydrogen-bond acceptors (Lipinski definition) is 4. The normalized spacial score (nSPS) is 9.89. The molecule has 0 aromatic heterocycles. The lowest BCUT2D eigenvalue weighted by Gasteiger charge is -2.09. The quantitative estimate of drug-likeness (QED) is 0.793. The highest BCUT2D eigenvalue weighted by Gasteiger charge is 2.18. The van der Waals surface area contributed by atoms with Gasteiger partial charge in [0, 0.05) is 20.0 Å². The largest absolute Gasteiger partial charge is 0.465 e. The van der Waals surface area contributed by atoms with Gasteiger partial charge in [-0.3, -0.25) is 4.79 Å². The van der Waals surface area contributed by atoms with Crippen LogP contribution in [0.4, 0.5) is 14.5 Å². The number of nitrogens with one attached hydrogen (secondary N) is 2. The van der Waals surface area contributed by atoms with Gasteiger partial charge in [-0.2, -0.15) is 0 Å². The van der Waals surface area contributed by atoms with E-state index in [-0.39, 0.29) is 24.6 Å². The molecule has 0 radical (unpaired) electrons. The van der Waals surface area contributed by atoms with E-state index in [1.165, 1.54) is 13.1 Å². The van der Waals surface area contributed by atoms with E-state index in [4.69, 9.17) is 0 Å². The smallest absolute Gasteiger partial charge is 0.340 e. The van der Waals surface area contributed by atoms with Crippen molar-refractivity contribution < 1.29 is 23.1 Å². The van der Waals surface area contributed by atoms with Gasteiger partial charge in [-0.05, 0) is 12.1 Å². The first-order valence-electron chi connectivity index (χ1n) is 5.52. The first-order chi connectivity index (χ1) is 9.01. The number of ether oxygens (including phenoxy) is 1. The number of anilines is 1. The van der Waals surface area contributed by atoms with Crippen LogP contribution in [-0.2, 0) is 9.53 Å². The van der Waals surface area contributed by atoms with Crippen LogP contribution in [0.5, 0.6) is 0 Å². The second-order valence-electron chi connectivity index (χ2n) is 3.63. The molecule has 1 aromatic carbocycles. The molecule has 0 unspecified atom stereocenters. The molecule has 0 aliphatic heterocycles. The molecule has 0 heterocycles. The molecule has 19 heavy (non-hydrogen) atoms. The summed E-state index contributed by atoms with van der Waals surface area (Å²) < 4.78 is 31.5. The minimum Gasteiger partial charge on any atom is -0.465 e. The lowest BCUT2D eigenvalue weighted by molar-refractivity contribution is -0.120. The van der Waals surface area contributed by atoms with E-state index in [2.05, 4.69) is 15.4 Å². The molecule has 0 aliphatic carbocycles. The van der Waals surface area contributed by atoms with Crippen LogP contribution in [0.2, 0.25) is 0 Å². The Morgan fingerprint density at radius 1 is 1.26 bits per heavy atom. The third kappa shape index (κ3) is 3.64. The molecule has 104 valence electrons. The summed E-state index contributed by atoms with van der Waals surface area (Å²) in [6.07, 6.45) is 0.121. The Bertz CT molecular complexity index is 492. The minimum absolute atomic E-state index is 0.117. The van der Waals surface area contributed by atoms with Crippen molar-refractivity contribution in [3.05, 3.63) is 29.3 Å². The van der Waals surface area contributed by atoms with Crippen molar-refractivity contribution in [2.45, 2.75) is 6.42 Å². The van der Waals surface area contributed by atoms with E-state index in [9.17, 15) is 18.4 Å². The van der Waals surface area contributed by atoms with Gasteiger partial charge in [0.2, 0.25) is 5.91 Å². The molecule has 1 aromatic rings. The van der Waals surface area contributed by atoms with Gasteiger partial charge in [-0.1, -0.05) is 0 Å². The molecule has 7 heteroatoms. The zero-order valence-corrected chi connectivity index (χ0v) is 10.5. The van der Waals surface area contributed by atoms with E-state index >= 15 is 0 Å². The fourth-order valence-corrected chi connectivity index (χ4v) is 1.39. The Kier molecular flexibility index (Phi) is 5.23. The number of amides is 1. The molecule has 0 fully saturated rings. The average molecular weight is 272 g/mol. The number of carbonyl (C=O) groups excluding carboxylic acids is 2. The van der Waals surface area contributed by atoms with Crippen LogP contribution >= 0.6 is 0 Å². The zero-order valence-electron chi connectivity index (χ0n) is 10.5. The molecular formula is C12H14F2N2O3. The molecule has 0 atom stereocenters. The Morgan fingerprint density at radius 2 is 1.95 bits per heavy atom. The topological polar surface area (TPSA) is 67.4 Å². The van der Waals surface area contributed by atoms with Crippen molar-refractivity contribution in [2.24, 2.45) is 0 Å². The summed E-state index contributed by atoms with van der Waals surface area (Å²) in [5.74, 6) is -3.63. The highest BCUT2D eigenvalue weighted by atomic mass is 19.2. The molecule has 5 nitrogen and oxygen atoms in total. The number of carbonyl (C=O) groups is 2. The molecule has 0 spiro atoms. The summed E-state index contributed by atoms with van der Waals surface area (Å²) in [7, 11) is 2.56. The SMILES string of the molecule is CNC(=O)CCNc1ccc(C(=O)OC)c(F)c1F. The van der Waals surface area contributed by atoms with Crippen molar-refractivity contribution in [2.75, 3.05) is 26.0 Å². The molecule has 0 bridgehead atoms. The average Bonchev–Trinajstić information content (AvgIpc) is 2.42. The zero-order chi connectivity index (χ0) is 14.4. The third-order valence-electron chi connectivity index (χ3n) is 2.43. The second kappa shape index (κ2) is 6.67. The molecule has 1 rings (SSSR count). The summed E-state index contributed by atoms with van der Waals surface area (Å²) in [5.41, 5.74) is -0.592. The lowest BCUT2D eigenvalue weighted by atomic mass is 10.1. The molecule has 0 aliphatic rings. The molecular weight excluding hydrogens is 258 g/mol.